The van der Waals surface area contributed by atoms with Gasteiger partial charge >= 0.3 is 0 Å². The van der Waals surface area contributed by atoms with Crippen LogP contribution in [-0.2, 0) is 11.3 Å². The van der Waals surface area contributed by atoms with Crippen molar-refractivity contribution in [2.75, 3.05) is 18.0 Å². The minimum Gasteiger partial charge on any atom is -0.311 e. The van der Waals surface area contributed by atoms with Crippen LogP contribution in [0.3, 0.4) is 0 Å². The second-order valence-electron chi connectivity index (χ2n) is 3.70. The summed E-state index contributed by atoms with van der Waals surface area (Å²) in [6.07, 6.45) is 0.564. The van der Waals surface area contributed by atoms with E-state index in [4.69, 9.17) is 0 Å². The molecule has 1 aromatic carbocycles. The zero-order chi connectivity index (χ0) is 10.7. The number of fused-ring (bicyclic) bond motifs is 1. The van der Waals surface area contributed by atoms with Crippen LogP contribution in [0.2, 0.25) is 0 Å². The predicted molar refractivity (Wildman–Crippen MR) is 60.8 cm³/mol. The normalized spacial score (nSPS) is 15.7. The Bertz CT molecular complexity index is 362. The fourth-order valence-electron chi connectivity index (χ4n) is 1.91. The van der Waals surface area contributed by atoms with Crippen LogP contribution >= 0.6 is 0 Å². The van der Waals surface area contributed by atoms with E-state index < -0.39 is 0 Å². The van der Waals surface area contributed by atoms with E-state index in [1.807, 2.05) is 30.0 Å². The molecule has 1 aromatic rings. The number of rotatable bonds is 1. The van der Waals surface area contributed by atoms with E-state index in [1.165, 1.54) is 5.56 Å². The molecular formula is C12H16N2O. The Morgan fingerprint density at radius 2 is 2.27 bits per heavy atom. The highest BCUT2D eigenvalue weighted by Crippen LogP contribution is 2.22. The van der Waals surface area contributed by atoms with Crippen molar-refractivity contribution in [1.29, 1.82) is 0 Å². The zero-order valence-electron chi connectivity index (χ0n) is 8.99. The minimum atomic E-state index is 0.200. The topological polar surface area (TPSA) is 32.3 Å². The standard InChI is InChI=1S/C12H16N2O/c1-2-12(15)14-8-7-13-9-10-5-3-4-6-11(10)14/h3-6,13H,2,7-9H2,1H3. The number of amides is 1. The largest absolute Gasteiger partial charge is 0.311 e. The first-order valence-corrected chi connectivity index (χ1v) is 5.42. The summed E-state index contributed by atoms with van der Waals surface area (Å²) in [6, 6.07) is 8.10. The number of benzene rings is 1. The van der Waals surface area contributed by atoms with Gasteiger partial charge in [0.25, 0.3) is 0 Å². The molecule has 0 radical (unpaired) electrons. The molecule has 0 atom stereocenters. The molecule has 2 rings (SSSR count). The van der Waals surface area contributed by atoms with Gasteiger partial charge in [-0.1, -0.05) is 25.1 Å². The molecule has 0 aromatic heterocycles. The average Bonchev–Trinajstić information content (AvgIpc) is 2.50. The highest BCUT2D eigenvalue weighted by Gasteiger charge is 2.18. The maximum Gasteiger partial charge on any atom is 0.226 e. The number of hydrogen-bond acceptors (Lipinski definition) is 2. The van der Waals surface area contributed by atoms with Crippen molar-refractivity contribution in [3.05, 3.63) is 29.8 Å². The van der Waals surface area contributed by atoms with E-state index in [0.717, 1.165) is 25.3 Å². The second-order valence-corrected chi connectivity index (χ2v) is 3.70. The Morgan fingerprint density at radius 1 is 1.47 bits per heavy atom. The van der Waals surface area contributed by atoms with E-state index in [9.17, 15) is 4.79 Å². The van der Waals surface area contributed by atoms with Crippen LogP contribution in [0.5, 0.6) is 0 Å². The summed E-state index contributed by atoms with van der Waals surface area (Å²) in [7, 11) is 0. The van der Waals surface area contributed by atoms with E-state index in [1.54, 1.807) is 0 Å². The summed E-state index contributed by atoms with van der Waals surface area (Å²) in [5, 5.41) is 3.32. The smallest absolute Gasteiger partial charge is 0.226 e. The number of carbonyl (C=O) groups is 1. The number of carbonyl (C=O) groups excluding carboxylic acids is 1. The summed E-state index contributed by atoms with van der Waals surface area (Å²) in [6.45, 7) is 4.39. The fourth-order valence-corrected chi connectivity index (χ4v) is 1.91. The lowest BCUT2D eigenvalue weighted by molar-refractivity contribution is -0.118. The van der Waals surface area contributed by atoms with Crippen molar-refractivity contribution >= 4 is 11.6 Å². The van der Waals surface area contributed by atoms with E-state index in [-0.39, 0.29) is 5.91 Å². The molecule has 0 saturated heterocycles. The monoisotopic (exact) mass is 204 g/mol. The first-order valence-electron chi connectivity index (χ1n) is 5.42. The third-order valence-corrected chi connectivity index (χ3v) is 2.71. The predicted octanol–water partition coefficient (Wildman–Crippen LogP) is 1.53. The van der Waals surface area contributed by atoms with E-state index in [2.05, 4.69) is 11.4 Å². The minimum absolute atomic E-state index is 0.200. The van der Waals surface area contributed by atoms with Crippen LogP contribution in [0, 0.1) is 0 Å². The molecule has 15 heavy (non-hydrogen) atoms. The van der Waals surface area contributed by atoms with Crippen LogP contribution < -0.4 is 10.2 Å². The van der Waals surface area contributed by atoms with Crippen molar-refractivity contribution in [2.24, 2.45) is 0 Å². The van der Waals surface area contributed by atoms with Gasteiger partial charge in [0, 0.05) is 31.7 Å². The number of hydrogen-bond donors (Lipinski definition) is 1. The van der Waals surface area contributed by atoms with Gasteiger partial charge in [0.2, 0.25) is 5.91 Å². The molecule has 0 spiro atoms. The van der Waals surface area contributed by atoms with Crippen molar-refractivity contribution in [2.45, 2.75) is 19.9 Å². The lowest BCUT2D eigenvalue weighted by Crippen LogP contribution is -2.34. The van der Waals surface area contributed by atoms with Crippen LogP contribution in [0.25, 0.3) is 0 Å². The molecule has 0 unspecified atom stereocenters. The third-order valence-electron chi connectivity index (χ3n) is 2.71. The van der Waals surface area contributed by atoms with Gasteiger partial charge in [0.05, 0.1) is 0 Å². The second kappa shape index (κ2) is 4.45. The molecule has 1 amide bonds. The Balaban J connectivity index is 2.37. The van der Waals surface area contributed by atoms with Gasteiger partial charge in [-0.05, 0) is 11.6 Å². The Hall–Kier alpha value is -1.35. The molecule has 0 aliphatic carbocycles. The average molecular weight is 204 g/mol. The first kappa shape index (κ1) is 10.2. The number of nitrogens with one attached hydrogen (secondary N) is 1. The Morgan fingerprint density at radius 3 is 3.07 bits per heavy atom. The van der Waals surface area contributed by atoms with Gasteiger partial charge in [0.1, 0.15) is 0 Å². The van der Waals surface area contributed by atoms with Crippen molar-refractivity contribution < 1.29 is 4.79 Å². The maximum atomic E-state index is 11.8. The van der Waals surface area contributed by atoms with Crippen LogP contribution in [0.4, 0.5) is 5.69 Å². The molecule has 1 aliphatic heterocycles. The van der Waals surface area contributed by atoms with Gasteiger partial charge in [-0.2, -0.15) is 0 Å². The first-order chi connectivity index (χ1) is 7.33. The van der Waals surface area contributed by atoms with Gasteiger partial charge < -0.3 is 10.2 Å². The quantitative estimate of drug-likeness (QED) is 0.752. The lowest BCUT2D eigenvalue weighted by atomic mass is 10.1. The summed E-state index contributed by atoms with van der Waals surface area (Å²) < 4.78 is 0. The van der Waals surface area contributed by atoms with Gasteiger partial charge in [-0.15, -0.1) is 0 Å². The summed E-state index contributed by atoms with van der Waals surface area (Å²) in [4.78, 5) is 13.7. The molecule has 0 saturated carbocycles. The fraction of sp³-hybridized carbons (Fsp3) is 0.417. The lowest BCUT2D eigenvalue weighted by Gasteiger charge is -2.21. The molecule has 0 fully saturated rings. The van der Waals surface area contributed by atoms with Crippen molar-refractivity contribution in [3.8, 4) is 0 Å². The molecular weight excluding hydrogens is 188 g/mol. The maximum absolute atomic E-state index is 11.8. The molecule has 3 heteroatoms. The molecule has 1 heterocycles. The van der Waals surface area contributed by atoms with Crippen molar-refractivity contribution in [3.63, 3.8) is 0 Å². The molecule has 3 nitrogen and oxygen atoms in total. The summed E-state index contributed by atoms with van der Waals surface area (Å²) in [5.41, 5.74) is 2.27. The van der Waals surface area contributed by atoms with Crippen molar-refractivity contribution in [1.82, 2.24) is 5.32 Å². The Kier molecular flexibility index (Phi) is 3.02. The number of anilines is 1. The molecule has 0 bridgehead atoms. The van der Waals surface area contributed by atoms with E-state index in [0.29, 0.717) is 6.42 Å². The van der Waals surface area contributed by atoms with Crippen LogP contribution in [0.1, 0.15) is 18.9 Å². The van der Waals surface area contributed by atoms with Gasteiger partial charge in [0.15, 0.2) is 0 Å². The van der Waals surface area contributed by atoms with E-state index >= 15 is 0 Å². The van der Waals surface area contributed by atoms with Gasteiger partial charge in [-0.3, -0.25) is 4.79 Å². The molecule has 1 N–H and O–H groups in total. The Labute approximate surface area is 90.1 Å². The van der Waals surface area contributed by atoms with Crippen LogP contribution in [0.15, 0.2) is 24.3 Å². The zero-order valence-corrected chi connectivity index (χ0v) is 8.99. The van der Waals surface area contributed by atoms with Gasteiger partial charge in [-0.25, -0.2) is 0 Å². The highest BCUT2D eigenvalue weighted by molar-refractivity contribution is 5.94. The number of nitrogens with zero attached hydrogens (tertiary/aromatic N) is 1. The highest BCUT2D eigenvalue weighted by atomic mass is 16.2. The van der Waals surface area contributed by atoms with Crippen LogP contribution in [-0.4, -0.2) is 19.0 Å². The molecule has 80 valence electrons. The number of para-hydroxylation sites is 1. The summed E-state index contributed by atoms with van der Waals surface area (Å²) >= 11 is 0. The SMILES string of the molecule is CCC(=O)N1CCNCc2ccccc21. The molecule has 1 aliphatic rings. The summed E-state index contributed by atoms with van der Waals surface area (Å²) in [5.74, 6) is 0.200. The third kappa shape index (κ3) is 2.02.